The van der Waals surface area contributed by atoms with Gasteiger partial charge in [0.1, 0.15) is 5.58 Å². The third-order valence-corrected chi connectivity index (χ3v) is 16.3. The monoisotopic (exact) mass is 1320 g/mol. The van der Waals surface area contributed by atoms with Crippen LogP contribution in [0.3, 0.4) is 0 Å². The van der Waals surface area contributed by atoms with Crippen LogP contribution in [0, 0.1) is 60.7 Å². The van der Waals surface area contributed by atoms with Crippen LogP contribution < -0.4 is 9.80 Å². The fourth-order valence-corrected chi connectivity index (χ4v) is 12.8. The molecule has 0 aliphatic heterocycles. The molecular weight excluding hydrogens is 1270 g/mol. The summed E-state index contributed by atoms with van der Waals surface area (Å²) in [6, 6.07) is 76.3. The minimum Gasteiger partial charge on any atom is -0.454 e. The van der Waals surface area contributed by atoms with Gasteiger partial charge in [-0.2, -0.15) is 49.6 Å². The average Bonchev–Trinajstić information content (AvgIpc) is 3.94. The second kappa shape index (κ2) is 18.5. The molecule has 0 radical (unpaired) electrons. The zero-order valence-corrected chi connectivity index (χ0v) is 47.8. The van der Waals surface area contributed by atoms with Gasteiger partial charge in [0.2, 0.25) is 0 Å². The topological polar surface area (TPSA) is 19.6 Å². The van der Waals surface area contributed by atoms with Gasteiger partial charge >= 0.3 is 37.3 Å². The zero-order chi connectivity index (χ0) is 50.7. The molecule has 10 aromatic carbocycles. The van der Waals surface area contributed by atoms with Crippen molar-refractivity contribution in [2.75, 3.05) is 9.80 Å². The first-order valence-electron chi connectivity index (χ1n) is 24.8. The van der Waals surface area contributed by atoms with Crippen LogP contribution in [0.4, 0.5) is 47.3 Å². The van der Waals surface area contributed by atoms with Gasteiger partial charge in [-0.25, -0.2) is 11.1 Å². The molecule has 0 atom stereocenters. The molecule has 11 aromatic rings. The number of benzene rings is 10. The minimum atomic E-state index is -4.66. The SMILES string of the molecule is Cc1[c-]c(-c2[c-]c(N(c3ccc4c(c3)C3(c5cc(N(c6ccccc6C(F)(F)F)c6cccc7c6oc6c(C)cccc67)ccc5-4)c4ccccc4C(C)(C)c4ccccc43)c3ccccc3I)ccc2)ccc1.[U+2]. The third-order valence-electron chi connectivity index (χ3n) is 15.4. The molecule has 1 heterocycles. The van der Waals surface area contributed by atoms with Gasteiger partial charge in [0.25, 0.3) is 0 Å². The summed E-state index contributed by atoms with van der Waals surface area (Å²) < 4.78 is 54.3. The summed E-state index contributed by atoms with van der Waals surface area (Å²) in [5.41, 5.74) is 15.6. The van der Waals surface area contributed by atoms with Crippen molar-refractivity contribution in [3.63, 3.8) is 0 Å². The molecule has 0 N–H and O–H groups in total. The Morgan fingerprint density at radius 2 is 1.00 bits per heavy atom. The number of nitrogens with zero attached hydrogens (tertiary/aromatic N) is 2. The number of aryl methyl sites for hydroxylation is 2. The van der Waals surface area contributed by atoms with E-state index in [4.69, 9.17) is 4.42 Å². The van der Waals surface area contributed by atoms with Crippen molar-refractivity contribution in [3.05, 3.63) is 272 Å². The Hall–Kier alpha value is -6.83. The molecule has 13 rings (SSSR count). The Morgan fingerprint density at radius 3 is 1.64 bits per heavy atom. The maximum Gasteiger partial charge on any atom is 2.00 e. The van der Waals surface area contributed by atoms with Gasteiger partial charge in [-0.15, -0.1) is 17.7 Å². The van der Waals surface area contributed by atoms with Crippen molar-refractivity contribution in [2.45, 2.75) is 44.7 Å². The van der Waals surface area contributed by atoms with Crippen molar-refractivity contribution < 1.29 is 48.7 Å². The molecule has 0 amide bonds. The molecule has 2 aliphatic rings. The standard InChI is InChI=1S/C67H46F3IN2O.U/c1-41-17-13-19-43(37-41)44-20-15-21-45(38-44)72(61-31-12-10-29-59(61)71)46-33-35-48-49-36-34-47(40-58(49)66(57(48)39-46)54-26-7-5-24-52(54)65(3,4)53-25-6-8-27-55(53)66)73(60-30-11-9-28-56(60)67(68,69)70)62-32-16-23-51-50-22-14-18-42(2)63(50)74-64(51)62;/h5-36,39-40H,1-4H3;/q-2;+2. The summed E-state index contributed by atoms with van der Waals surface area (Å²) in [5.74, 6) is 0. The van der Waals surface area contributed by atoms with E-state index >= 15 is 13.2 Å². The zero-order valence-electron chi connectivity index (χ0n) is 41.4. The van der Waals surface area contributed by atoms with E-state index < -0.39 is 22.6 Å². The largest absolute Gasteiger partial charge is 2.00 e. The fraction of sp³-hybridized carbons (Fsp3) is 0.104. The summed E-state index contributed by atoms with van der Waals surface area (Å²) in [4.78, 5) is 4.04. The number of hydrogen-bond donors (Lipinski definition) is 0. The Bertz CT molecular complexity index is 4030. The predicted molar refractivity (Wildman–Crippen MR) is 303 cm³/mol. The average molecular weight is 1320 g/mol. The van der Waals surface area contributed by atoms with Gasteiger partial charge < -0.3 is 14.2 Å². The summed E-state index contributed by atoms with van der Waals surface area (Å²) in [6.45, 7) is 8.63. The van der Waals surface area contributed by atoms with Crippen LogP contribution in [0.25, 0.3) is 44.2 Å². The second-order valence-electron chi connectivity index (χ2n) is 20.0. The molecule has 0 fully saturated rings. The number of rotatable bonds is 7. The summed E-state index contributed by atoms with van der Waals surface area (Å²) >= 11 is 2.43. The first-order valence-corrected chi connectivity index (χ1v) is 25.8. The number of halogens is 4. The van der Waals surface area contributed by atoms with Crippen molar-refractivity contribution in [1.29, 1.82) is 0 Å². The number of para-hydroxylation sites is 4. The summed E-state index contributed by atoms with van der Waals surface area (Å²) in [5, 5.41) is 1.73. The van der Waals surface area contributed by atoms with E-state index in [1.54, 1.807) is 17.0 Å². The van der Waals surface area contributed by atoms with E-state index in [9.17, 15) is 0 Å². The van der Waals surface area contributed by atoms with Crippen LogP contribution in [-0.4, -0.2) is 0 Å². The van der Waals surface area contributed by atoms with Crippen LogP contribution >= 0.6 is 22.6 Å². The Labute approximate surface area is 472 Å². The minimum absolute atomic E-state index is 0. The van der Waals surface area contributed by atoms with Crippen LogP contribution in [-0.2, 0) is 17.0 Å². The van der Waals surface area contributed by atoms with Crippen molar-refractivity contribution in [1.82, 2.24) is 0 Å². The van der Waals surface area contributed by atoms with Gasteiger partial charge in [0.15, 0.2) is 5.58 Å². The molecule has 0 saturated carbocycles. The van der Waals surface area contributed by atoms with Gasteiger partial charge in [-0.3, -0.25) is 0 Å². The second-order valence-corrected chi connectivity index (χ2v) is 21.1. The number of furan rings is 1. The van der Waals surface area contributed by atoms with E-state index in [1.165, 1.54) is 23.3 Å². The van der Waals surface area contributed by atoms with Crippen LogP contribution in [0.1, 0.15) is 63.9 Å². The van der Waals surface area contributed by atoms with Crippen LogP contribution in [0.15, 0.2) is 211 Å². The summed E-state index contributed by atoms with van der Waals surface area (Å²) in [6.07, 6.45) is -4.66. The smallest absolute Gasteiger partial charge is 0.454 e. The van der Waals surface area contributed by atoms with Crippen molar-refractivity contribution in [2.24, 2.45) is 0 Å². The van der Waals surface area contributed by atoms with E-state index in [0.717, 1.165) is 87.0 Å². The van der Waals surface area contributed by atoms with E-state index in [0.29, 0.717) is 22.5 Å². The van der Waals surface area contributed by atoms with E-state index in [1.807, 2.05) is 49.4 Å². The molecule has 75 heavy (non-hydrogen) atoms. The molecule has 2 aliphatic carbocycles. The maximum atomic E-state index is 15.5. The summed E-state index contributed by atoms with van der Waals surface area (Å²) in [7, 11) is 0. The number of fused-ring (bicyclic) bond motifs is 12. The van der Waals surface area contributed by atoms with Crippen LogP contribution in [0.2, 0.25) is 0 Å². The molecule has 3 nitrogen and oxygen atoms in total. The fourth-order valence-electron chi connectivity index (χ4n) is 12.1. The molecular formula is C67H46F3IN2OU. The molecule has 0 bridgehead atoms. The predicted octanol–water partition coefficient (Wildman–Crippen LogP) is 19.0. The Morgan fingerprint density at radius 1 is 0.480 bits per heavy atom. The van der Waals surface area contributed by atoms with Crippen LogP contribution in [0.5, 0.6) is 0 Å². The van der Waals surface area contributed by atoms with Gasteiger partial charge in [-0.05, 0) is 140 Å². The molecule has 1 aromatic heterocycles. The molecule has 362 valence electrons. The van der Waals surface area contributed by atoms with E-state index in [-0.39, 0.29) is 36.8 Å². The Kier molecular flexibility index (Phi) is 12.1. The molecule has 0 unspecified atom stereocenters. The first-order chi connectivity index (χ1) is 35.8. The first kappa shape index (κ1) is 49.1. The van der Waals surface area contributed by atoms with Gasteiger partial charge in [-0.1, -0.05) is 136 Å². The van der Waals surface area contributed by atoms with Gasteiger partial charge in [0, 0.05) is 31.1 Å². The third kappa shape index (κ3) is 7.65. The van der Waals surface area contributed by atoms with Crippen molar-refractivity contribution in [3.8, 4) is 22.3 Å². The number of alkyl halides is 3. The number of anilines is 6. The maximum absolute atomic E-state index is 15.5. The molecule has 0 saturated heterocycles. The quantitative estimate of drug-likeness (QED) is 0.117. The Balaban J connectivity index is 0.00000569. The number of hydrogen-bond acceptors (Lipinski definition) is 3. The van der Waals surface area contributed by atoms with Gasteiger partial charge in [0.05, 0.1) is 28.0 Å². The van der Waals surface area contributed by atoms with Crippen molar-refractivity contribution >= 4 is 78.7 Å². The normalized spacial score (nSPS) is 13.7. The molecule has 1 spiro atoms. The van der Waals surface area contributed by atoms with E-state index in [2.05, 4.69) is 200 Å². The molecule has 8 heteroatoms.